The van der Waals surface area contributed by atoms with Gasteiger partial charge in [0.1, 0.15) is 11.5 Å². The Morgan fingerprint density at radius 2 is 2.04 bits per heavy atom. The van der Waals surface area contributed by atoms with Crippen LogP contribution >= 0.6 is 0 Å². The van der Waals surface area contributed by atoms with Crippen LogP contribution in [0.25, 0.3) is 0 Å². The molecule has 23 heavy (non-hydrogen) atoms. The van der Waals surface area contributed by atoms with E-state index in [9.17, 15) is 9.59 Å². The molecule has 0 radical (unpaired) electrons. The van der Waals surface area contributed by atoms with Crippen molar-refractivity contribution in [3.63, 3.8) is 0 Å². The minimum atomic E-state index is -0.435. The van der Waals surface area contributed by atoms with Crippen LogP contribution in [-0.4, -0.2) is 29.0 Å². The molecule has 0 spiro atoms. The van der Waals surface area contributed by atoms with Crippen LogP contribution in [0.5, 0.6) is 0 Å². The second kappa shape index (κ2) is 7.09. The molecule has 0 unspecified atom stereocenters. The summed E-state index contributed by atoms with van der Waals surface area (Å²) in [6.07, 6.45) is 3.10. The van der Waals surface area contributed by atoms with Gasteiger partial charge in [0.2, 0.25) is 0 Å². The number of anilines is 1. The van der Waals surface area contributed by atoms with E-state index in [1.165, 1.54) is 7.11 Å². The SMILES string of the molecule is CCCc1c(C(=O)Nc2ccc(C)cn2)[nH]c(C)c1C(=O)OC. The monoisotopic (exact) mass is 315 g/mol. The number of hydrogen-bond donors (Lipinski definition) is 2. The second-order valence-corrected chi connectivity index (χ2v) is 5.40. The molecular weight excluding hydrogens is 294 g/mol. The predicted molar refractivity (Wildman–Crippen MR) is 87.8 cm³/mol. The second-order valence-electron chi connectivity index (χ2n) is 5.40. The van der Waals surface area contributed by atoms with Crippen molar-refractivity contribution in [2.45, 2.75) is 33.6 Å². The number of aromatic nitrogens is 2. The van der Waals surface area contributed by atoms with Crippen LogP contribution in [0.3, 0.4) is 0 Å². The van der Waals surface area contributed by atoms with Crippen LogP contribution in [-0.2, 0) is 11.2 Å². The van der Waals surface area contributed by atoms with Crippen LogP contribution in [0.2, 0.25) is 0 Å². The summed E-state index contributed by atoms with van der Waals surface area (Å²) in [4.78, 5) is 31.7. The van der Waals surface area contributed by atoms with Gasteiger partial charge >= 0.3 is 5.97 Å². The summed E-state index contributed by atoms with van der Waals surface area (Å²) in [5.74, 6) is -0.285. The molecule has 2 heterocycles. The highest BCUT2D eigenvalue weighted by Gasteiger charge is 2.24. The Kier molecular flexibility index (Phi) is 5.16. The lowest BCUT2D eigenvalue weighted by Gasteiger charge is -2.07. The quantitative estimate of drug-likeness (QED) is 0.831. The number of carbonyl (C=O) groups is 2. The van der Waals surface area contributed by atoms with Crippen molar-refractivity contribution >= 4 is 17.7 Å². The van der Waals surface area contributed by atoms with E-state index in [0.717, 1.165) is 12.0 Å². The summed E-state index contributed by atoms with van der Waals surface area (Å²) in [5.41, 5.74) is 3.14. The van der Waals surface area contributed by atoms with Gasteiger partial charge < -0.3 is 15.0 Å². The molecule has 0 aliphatic heterocycles. The van der Waals surface area contributed by atoms with Crippen LogP contribution in [0, 0.1) is 13.8 Å². The molecule has 0 aliphatic rings. The molecule has 0 atom stereocenters. The zero-order valence-electron chi connectivity index (χ0n) is 13.8. The smallest absolute Gasteiger partial charge is 0.339 e. The van der Waals surface area contributed by atoms with Crippen LogP contribution in [0.4, 0.5) is 5.82 Å². The maximum Gasteiger partial charge on any atom is 0.339 e. The number of H-pyrrole nitrogens is 1. The van der Waals surface area contributed by atoms with E-state index in [1.807, 2.05) is 19.9 Å². The third-order valence-electron chi connectivity index (χ3n) is 3.56. The lowest BCUT2D eigenvalue weighted by molar-refractivity contribution is 0.0599. The van der Waals surface area contributed by atoms with E-state index in [4.69, 9.17) is 4.74 Å². The molecule has 6 heteroatoms. The lowest BCUT2D eigenvalue weighted by Crippen LogP contribution is -2.16. The van der Waals surface area contributed by atoms with Gasteiger partial charge in [-0.3, -0.25) is 4.79 Å². The third-order valence-corrected chi connectivity index (χ3v) is 3.56. The highest BCUT2D eigenvalue weighted by molar-refractivity contribution is 6.06. The van der Waals surface area contributed by atoms with E-state index in [-0.39, 0.29) is 5.91 Å². The van der Waals surface area contributed by atoms with Gasteiger partial charge in [0.15, 0.2) is 0 Å². The summed E-state index contributed by atoms with van der Waals surface area (Å²) in [7, 11) is 1.33. The molecule has 2 aromatic rings. The first kappa shape index (κ1) is 16.7. The predicted octanol–water partition coefficient (Wildman–Crippen LogP) is 3.02. The van der Waals surface area contributed by atoms with Gasteiger partial charge in [-0.15, -0.1) is 0 Å². The van der Waals surface area contributed by atoms with Crippen molar-refractivity contribution in [2.75, 3.05) is 12.4 Å². The number of aryl methyl sites for hydroxylation is 2. The zero-order chi connectivity index (χ0) is 17.0. The van der Waals surface area contributed by atoms with Gasteiger partial charge in [-0.05, 0) is 37.5 Å². The fourth-order valence-electron chi connectivity index (χ4n) is 2.47. The molecule has 2 N–H and O–H groups in total. The van der Waals surface area contributed by atoms with E-state index >= 15 is 0 Å². The van der Waals surface area contributed by atoms with Gasteiger partial charge in [0.05, 0.1) is 12.7 Å². The average molecular weight is 315 g/mol. The van der Waals surface area contributed by atoms with Crippen molar-refractivity contribution in [3.05, 3.63) is 46.4 Å². The third kappa shape index (κ3) is 3.59. The molecule has 6 nitrogen and oxygen atoms in total. The number of ether oxygens (including phenoxy) is 1. The molecule has 0 aromatic carbocycles. The summed E-state index contributed by atoms with van der Waals surface area (Å²) in [6.45, 7) is 5.67. The molecule has 122 valence electrons. The average Bonchev–Trinajstić information content (AvgIpc) is 2.86. The van der Waals surface area contributed by atoms with Crippen molar-refractivity contribution in [1.29, 1.82) is 0 Å². The summed E-state index contributed by atoms with van der Waals surface area (Å²) < 4.78 is 4.83. The summed E-state index contributed by atoms with van der Waals surface area (Å²) in [6, 6.07) is 3.61. The van der Waals surface area contributed by atoms with Gasteiger partial charge in [0.25, 0.3) is 5.91 Å². The molecule has 2 rings (SSSR count). The maximum absolute atomic E-state index is 12.5. The number of esters is 1. The Morgan fingerprint density at radius 1 is 1.30 bits per heavy atom. The van der Waals surface area contributed by atoms with Crippen LogP contribution in [0.1, 0.15) is 51.0 Å². The van der Waals surface area contributed by atoms with Crippen LogP contribution < -0.4 is 5.32 Å². The first-order valence-electron chi connectivity index (χ1n) is 7.51. The summed E-state index contributed by atoms with van der Waals surface area (Å²) in [5, 5.41) is 2.75. The first-order valence-corrected chi connectivity index (χ1v) is 7.51. The minimum absolute atomic E-state index is 0.317. The van der Waals surface area contributed by atoms with Gasteiger partial charge in [0, 0.05) is 11.9 Å². The molecule has 0 saturated carbocycles. The number of nitrogens with zero attached hydrogens (tertiary/aromatic N) is 1. The number of rotatable bonds is 5. The number of carbonyl (C=O) groups excluding carboxylic acids is 2. The number of methoxy groups -OCH3 is 1. The molecular formula is C17H21N3O3. The Labute approximate surface area is 135 Å². The highest BCUT2D eigenvalue weighted by Crippen LogP contribution is 2.22. The maximum atomic E-state index is 12.5. The molecule has 0 bridgehead atoms. The van der Waals surface area contributed by atoms with Gasteiger partial charge in [-0.2, -0.15) is 0 Å². The standard InChI is InChI=1S/C17H21N3O3/c1-5-6-12-14(17(22)23-4)11(3)19-15(12)16(21)20-13-8-7-10(2)9-18-13/h7-9,19H,5-6H2,1-4H3,(H,18,20,21). The fourth-order valence-corrected chi connectivity index (χ4v) is 2.47. The van der Waals surface area contributed by atoms with Gasteiger partial charge in [-0.1, -0.05) is 19.4 Å². The van der Waals surface area contributed by atoms with Gasteiger partial charge in [-0.25, -0.2) is 9.78 Å². The van der Waals surface area contributed by atoms with Crippen molar-refractivity contribution in [3.8, 4) is 0 Å². The van der Waals surface area contributed by atoms with E-state index in [1.54, 1.807) is 19.2 Å². The normalized spacial score (nSPS) is 10.4. The lowest BCUT2D eigenvalue weighted by atomic mass is 10.0. The van der Waals surface area contributed by atoms with Crippen molar-refractivity contribution in [2.24, 2.45) is 0 Å². The number of amides is 1. The van der Waals surface area contributed by atoms with Crippen LogP contribution in [0.15, 0.2) is 18.3 Å². The Bertz CT molecular complexity index is 717. The number of hydrogen-bond acceptors (Lipinski definition) is 4. The molecule has 2 aromatic heterocycles. The molecule has 0 aliphatic carbocycles. The largest absolute Gasteiger partial charge is 0.465 e. The van der Waals surface area contributed by atoms with Crippen molar-refractivity contribution < 1.29 is 14.3 Å². The number of aromatic amines is 1. The molecule has 1 amide bonds. The van der Waals surface area contributed by atoms with E-state index < -0.39 is 5.97 Å². The minimum Gasteiger partial charge on any atom is -0.465 e. The summed E-state index contributed by atoms with van der Waals surface area (Å²) >= 11 is 0. The molecule has 0 saturated heterocycles. The number of pyridine rings is 1. The molecule has 0 fully saturated rings. The Morgan fingerprint density at radius 3 is 2.61 bits per heavy atom. The zero-order valence-corrected chi connectivity index (χ0v) is 13.8. The Balaban J connectivity index is 2.35. The van der Waals surface area contributed by atoms with E-state index in [2.05, 4.69) is 15.3 Å². The van der Waals surface area contributed by atoms with Crippen molar-refractivity contribution in [1.82, 2.24) is 9.97 Å². The number of nitrogens with one attached hydrogen (secondary N) is 2. The highest BCUT2D eigenvalue weighted by atomic mass is 16.5. The fraction of sp³-hybridized carbons (Fsp3) is 0.353. The van der Waals surface area contributed by atoms with E-state index in [0.29, 0.717) is 34.8 Å². The first-order chi connectivity index (χ1) is 11.0. The Hall–Kier alpha value is -2.63. The topological polar surface area (TPSA) is 84.1 Å².